The van der Waals surface area contributed by atoms with E-state index in [1.54, 1.807) is 0 Å². The van der Waals surface area contributed by atoms with Crippen LogP contribution in [0.4, 0.5) is 0 Å². The van der Waals surface area contributed by atoms with Gasteiger partial charge in [0.2, 0.25) is 0 Å². The van der Waals surface area contributed by atoms with Crippen molar-refractivity contribution in [2.75, 3.05) is 6.61 Å². The maximum Gasteiger partial charge on any atom is 0.193 e. The average molecular weight is 524 g/mol. The van der Waals surface area contributed by atoms with Gasteiger partial charge in [-0.25, -0.2) is 0 Å². The van der Waals surface area contributed by atoms with Crippen LogP contribution in [0.25, 0.3) is 0 Å². The number of carbonyl (C=O) groups excluding carboxylic acids is 1. The molecule has 0 N–H and O–H groups in total. The predicted octanol–water partition coefficient (Wildman–Crippen LogP) is 8.96. The Morgan fingerprint density at radius 1 is 1.06 bits per heavy atom. The minimum atomic E-state index is -1.44. The molecule has 3 rings (SSSR count). The first-order chi connectivity index (χ1) is 16.4. The van der Waals surface area contributed by atoms with E-state index in [4.69, 9.17) is 39.5 Å². The summed E-state index contributed by atoms with van der Waals surface area (Å²) >= 11 is 18.8. The molecule has 0 saturated heterocycles. The Labute approximate surface area is 220 Å². The molecule has 0 spiro atoms. The first-order valence-corrected chi connectivity index (χ1v) is 13.8. The van der Waals surface area contributed by atoms with E-state index in [0.29, 0.717) is 18.8 Å². The highest BCUT2D eigenvalue weighted by Crippen LogP contribution is 2.41. The molecule has 186 valence electrons. The smallest absolute Gasteiger partial charge is 0.193 e. The summed E-state index contributed by atoms with van der Waals surface area (Å²) in [5.74, 6) is 1.31. The van der Waals surface area contributed by atoms with E-state index >= 15 is 0 Å². The number of benzene rings is 1. The van der Waals surface area contributed by atoms with Gasteiger partial charge in [0.25, 0.3) is 0 Å². The van der Waals surface area contributed by atoms with Crippen molar-refractivity contribution in [2.24, 2.45) is 17.8 Å². The third-order valence-corrected chi connectivity index (χ3v) is 7.89. The number of alkyl halides is 3. The standard InChI is InChI=1S/C29H37Cl3O2/c1-2-3-7-20-34-27-18-15-24(16-19-27)23-11-13-25(14-12-23)28(33)21-26(29(30,31)32)17-10-22-8-5-4-6-9-22/h4-6,8-9,11,13,15,18,23,25-26H,2-3,7,10,12,14,16-17,19-21H2,1H3. The Hall–Kier alpha value is -1.22. The highest BCUT2D eigenvalue weighted by Gasteiger charge is 2.35. The van der Waals surface area contributed by atoms with Crippen molar-refractivity contribution in [1.82, 2.24) is 0 Å². The Morgan fingerprint density at radius 2 is 1.85 bits per heavy atom. The van der Waals surface area contributed by atoms with Crippen molar-refractivity contribution < 1.29 is 9.53 Å². The Balaban J connectivity index is 1.51. The van der Waals surface area contributed by atoms with Gasteiger partial charge in [0.05, 0.1) is 12.4 Å². The molecule has 5 heteroatoms. The maximum atomic E-state index is 13.1. The summed E-state index contributed by atoms with van der Waals surface area (Å²) in [7, 11) is 0. The summed E-state index contributed by atoms with van der Waals surface area (Å²) < 4.78 is 4.46. The molecule has 0 aliphatic heterocycles. The Morgan fingerprint density at radius 3 is 2.47 bits per heavy atom. The van der Waals surface area contributed by atoms with Crippen molar-refractivity contribution in [3.8, 4) is 0 Å². The molecule has 3 unspecified atom stereocenters. The van der Waals surface area contributed by atoms with Gasteiger partial charge in [-0.05, 0) is 56.1 Å². The quantitative estimate of drug-likeness (QED) is 0.155. The van der Waals surface area contributed by atoms with Gasteiger partial charge in [-0.1, -0.05) is 109 Å². The van der Waals surface area contributed by atoms with Crippen LogP contribution in [-0.4, -0.2) is 16.2 Å². The minimum Gasteiger partial charge on any atom is -0.498 e. The highest BCUT2D eigenvalue weighted by atomic mass is 35.6. The van der Waals surface area contributed by atoms with Crippen molar-refractivity contribution in [2.45, 2.75) is 74.9 Å². The lowest BCUT2D eigenvalue weighted by Crippen LogP contribution is -2.27. The molecule has 0 bridgehead atoms. The fraction of sp³-hybridized carbons (Fsp3) is 0.552. The summed E-state index contributed by atoms with van der Waals surface area (Å²) in [6, 6.07) is 10.1. The lowest BCUT2D eigenvalue weighted by atomic mass is 9.79. The Kier molecular flexibility index (Phi) is 11.1. The minimum absolute atomic E-state index is 0.0833. The van der Waals surface area contributed by atoms with Gasteiger partial charge in [-0.15, -0.1) is 0 Å². The third-order valence-electron chi connectivity index (χ3n) is 6.97. The molecule has 2 aliphatic carbocycles. The first-order valence-electron chi connectivity index (χ1n) is 12.7. The number of hydrogen-bond acceptors (Lipinski definition) is 2. The fourth-order valence-electron chi connectivity index (χ4n) is 4.78. The lowest BCUT2D eigenvalue weighted by Gasteiger charge is -2.28. The van der Waals surface area contributed by atoms with E-state index in [0.717, 1.165) is 50.9 Å². The SMILES string of the molecule is CCCCCOC1=CC=C(C2C=CC(C(=O)CC(CCc3ccccc3)C(Cl)(Cl)Cl)CC2)CC1. The zero-order chi connectivity index (χ0) is 24.4. The van der Waals surface area contributed by atoms with Gasteiger partial charge in [0.15, 0.2) is 3.79 Å². The molecule has 0 amide bonds. The normalized spacial score (nSPS) is 21.5. The van der Waals surface area contributed by atoms with E-state index in [-0.39, 0.29) is 17.6 Å². The zero-order valence-corrected chi connectivity index (χ0v) is 22.4. The molecule has 0 radical (unpaired) electrons. The number of hydrogen-bond donors (Lipinski definition) is 0. The molecule has 0 fully saturated rings. The molecule has 34 heavy (non-hydrogen) atoms. The first kappa shape index (κ1) is 27.4. The predicted molar refractivity (Wildman–Crippen MR) is 144 cm³/mol. The number of ether oxygens (including phenoxy) is 1. The van der Waals surface area contributed by atoms with Gasteiger partial charge in [0.1, 0.15) is 5.78 Å². The molecule has 0 heterocycles. The number of aryl methyl sites for hydroxylation is 1. The monoisotopic (exact) mass is 522 g/mol. The van der Waals surface area contributed by atoms with Crippen LogP contribution >= 0.6 is 34.8 Å². The second kappa shape index (κ2) is 13.8. The molecule has 1 aromatic rings. The number of carbonyl (C=O) groups is 1. The summed E-state index contributed by atoms with van der Waals surface area (Å²) in [5, 5.41) is 0. The molecule has 1 aromatic carbocycles. The largest absolute Gasteiger partial charge is 0.498 e. The van der Waals surface area contributed by atoms with Gasteiger partial charge in [0, 0.05) is 24.7 Å². The molecule has 0 saturated carbocycles. The van der Waals surface area contributed by atoms with Crippen LogP contribution < -0.4 is 0 Å². The summed E-state index contributed by atoms with van der Waals surface area (Å²) in [4.78, 5) is 13.1. The summed E-state index contributed by atoms with van der Waals surface area (Å²) in [6.45, 7) is 3.02. The molecular formula is C29H37Cl3O2. The van der Waals surface area contributed by atoms with E-state index in [1.165, 1.54) is 24.0 Å². The van der Waals surface area contributed by atoms with E-state index in [1.807, 2.05) is 18.2 Å². The van der Waals surface area contributed by atoms with E-state index in [2.05, 4.69) is 43.4 Å². The number of ketones is 1. The lowest BCUT2D eigenvalue weighted by molar-refractivity contribution is -0.122. The average Bonchev–Trinajstić information content (AvgIpc) is 2.85. The van der Waals surface area contributed by atoms with Crippen molar-refractivity contribution in [1.29, 1.82) is 0 Å². The van der Waals surface area contributed by atoms with Crippen LogP contribution in [0.1, 0.15) is 70.3 Å². The van der Waals surface area contributed by atoms with Crippen LogP contribution in [0.3, 0.4) is 0 Å². The second-order valence-corrected chi connectivity index (χ2v) is 11.9. The number of Topliss-reactive ketones (excluding diaryl/α,β-unsaturated/α-hetero) is 1. The molecule has 2 aliphatic rings. The van der Waals surface area contributed by atoms with Crippen LogP contribution in [0.2, 0.25) is 0 Å². The fourth-order valence-corrected chi connectivity index (χ4v) is 5.34. The maximum absolute atomic E-state index is 13.1. The van der Waals surface area contributed by atoms with Crippen molar-refractivity contribution >= 4 is 40.6 Å². The highest BCUT2D eigenvalue weighted by molar-refractivity contribution is 6.67. The second-order valence-electron chi connectivity index (χ2n) is 9.54. The van der Waals surface area contributed by atoms with Gasteiger partial charge < -0.3 is 4.74 Å². The van der Waals surface area contributed by atoms with Crippen LogP contribution in [0.5, 0.6) is 0 Å². The van der Waals surface area contributed by atoms with E-state index in [9.17, 15) is 4.79 Å². The number of unbranched alkanes of at least 4 members (excludes halogenated alkanes) is 2. The third kappa shape index (κ3) is 8.77. The van der Waals surface area contributed by atoms with Crippen LogP contribution in [-0.2, 0) is 16.0 Å². The molecular weight excluding hydrogens is 487 g/mol. The van der Waals surface area contributed by atoms with Crippen LogP contribution in [0, 0.1) is 17.8 Å². The van der Waals surface area contributed by atoms with Crippen molar-refractivity contribution in [3.05, 3.63) is 71.5 Å². The van der Waals surface area contributed by atoms with E-state index < -0.39 is 3.79 Å². The number of halogens is 3. The van der Waals surface area contributed by atoms with Gasteiger partial charge in [-0.3, -0.25) is 4.79 Å². The summed E-state index contributed by atoms with van der Waals surface area (Å²) in [6.07, 6.45) is 17.8. The number of rotatable bonds is 12. The van der Waals surface area contributed by atoms with Gasteiger partial charge >= 0.3 is 0 Å². The Bertz CT molecular complexity index is 867. The summed E-state index contributed by atoms with van der Waals surface area (Å²) in [5.41, 5.74) is 2.63. The topological polar surface area (TPSA) is 26.3 Å². The van der Waals surface area contributed by atoms with Gasteiger partial charge in [-0.2, -0.15) is 0 Å². The molecule has 3 atom stereocenters. The molecule has 0 aromatic heterocycles. The van der Waals surface area contributed by atoms with Crippen LogP contribution in [0.15, 0.2) is 66.0 Å². The molecule has 2 nitrogen and oxygen atoms in total. The number of allylic oxidation sites excluding steroid dienone is 6. The van der Waals surface area contributed by atoms with Crippen molar-refractivity contribution in [3.63, 3.8) is 0 Å². The zero-order valence-electron chi connectivity index (χ0n) is 20.2.